The van der Waals surface area contributed by atoms with Crippen LogP contribution < -0.4 is 15.8 Å². The van der Waals surface area contributed by atoms with Crippen molar-refractivity contribution in [1.82, 2.24) is 14.0 Å². The van der Waals surface area contributed by atoms with Gasteiger partial charge in [0.15, 0.2) is 0 Å². The van der Waals surface area contributed by atoms with Crippen LogP contribution in [0.25, 0.3) is 11.1 Å². The summed E-state index contributed by atoms with van der Waals surface area (Å²) in [5.41, 5.74) is 7.19. The van der Waals surface area contributed by atoms with Crippen LogP contribution in [0.3, 0.4) is 0 Å². The predicted octanol–water partition coefficient (Wildman–Crippen LogP) is 5.82. The van der Waals surface area contributed by atoms with Crippen LogP contribution in [0.5, 0.6) is 0 Å². The highest BCUT2D eigenvalue weighted by molar-refractivity contribution is 6.07. The molecule has 2 N–H and O–H groups in total. The average Bonchev–Trinajstić information content (AvgIpc) is 3.52. The van der Waals surface area contributed by atoms with Crippen molar-refractivity contribution in [3.8, 4) is 11.1 Å². The summed E-state index contributed by atoms with van der Waals surface area (Å²) in [4.78, 5) is 31.0. The second-order valence-electron chi connectivity index (χ2n) is 14.1. The first-order chi connectivity index (χ1) is 22.0. The molecule has 1 aliphatic carbocycles. The summed E-state index contributed by atoms with van der Waals surface area (Å²) >= 11 is 0. The van der Waals surface area contributed by atoms with Crippen LogP contribution in [0.4, 0.5) is 21.5 Å². The lowest BCUT2D eigenvalue weighted by Crippen LogP contribution is -2.41. The van der Waals surface area contributed by atoms with Crippen LogP contribution in [0.2, 0.25) is 0 Å². The third-order valence-corrected chi connectivity index (χ3v) is 10.1. The van der Waals surface area contributed by atoms with Gasteiger partial charge < -0.3 is 29.4 Å². The number of likely N-dealkylation sites (tertiary alicyclic amines) is 1. The second-order valence-corrected chi connectivity index (χ2v) is 14.1. The monoisotopic (exact) mass is 623 g/mol. The zero-order chi connectivity index (χ0) is 32.3. The molecule has 2 aromatic carbocycles. The number of pyridine rings is 1. The number of halogens is 1. The lowest BCUT2D eigenvalue weighted by atomic mass is 9.89. The molecule has 3 aliphatic rings. The van der Waals surface area contributed by atoms with E-state index < -0.39 is 12.4 Å². The van der Waals surface area contributed by atoms with Crippen molar-refractivity contribution in [2.45, 2.75) is 58.6 Å². The Hall–Kier alpha value is -4.21. The number of hydrogen-bond acceptors (Lipinski definition) is 5. The molecule has 0 unspecified atom stereocenters. The summed E-state index contributed by atoms with van der Waals surface area (Å²) in [5.74, 6) is -0.186. The number of aliphatic hydroxyl groups is 1. The summed E-state index contributed by atoms with van der Waals surface area (Å²) in [6.07, 6.45) is 5.75. The molecule has 0 bridgehead atoms. The molecule has 1 saturated heterocycles. The predicted molar refractivity (Wildman–Crippen MR) is 179 cm³/mol. The number of anilines is 3. The number of aryl methyl sites for hydroxylation is 1. The Kier molecular flexibility index (Phi) is 7.64. The minimum atomic E-state index is -0.520. The van der Waals surface area contributed by atoms with E-state index in [-0.39, 0.29) is 16.9 Å². The Morgan fingerprint density at radius 3 is 2.41 bits per heavy atom. The van der Waals surface area contributed by atoms with E-state index in [2.05, 4.69) is 47.8 Å². The Labute approximate surface area is 269 Å². The number of fused-ring (bicyclic) bond motifs is 3. The number of rotatable bonds is 6. The highest BCUT2D eigenvalue weighted by atomic mass is 19.1. The smallest absolute Gasteiger partial charge is 0.274 e. The molecule has 0 radical (unpaired) electrons. The minimum Gasteiger partial charge on any atom is -0.392 e. The summed E-state index contributed by atoms with van der Waals surface area (Å²) in [6.45, 7) is 7.24. The molecule has 4 heterocycles. The number of piperidine rings is 1. The molecule has 9 heteroatoms. The maximum Gasteiger partial charge on any atom is 0.274 e. The van der Waals surface area contributed by atoms with Crippen molar-refractivity contribution in [3.05, 3.63) is 99.0 Å². The van der Waals surface area contributed by atoms with Crippen LogP contribution in [-0.2, 0) is 33.0 Å². The lowest BCUT2D eigenvalue weighted by molar-refractivity contribution is 0.0963. The van der Waals surface area contributed by atoms with Crippen LogP contribution in [0, 0.1) is 11.2 Å². The molecule has 8 nitrogen and oxygen atoms in total. The standard InChI is InChI=1S/C37H42FN5O3/c1-37(2)19-25-16-33-36(46)43(14-13-42(33)34(25)20-37)32-18-27(38)17-29(30(32)22-44)26-15-31(35(45)41(4)21-26)39-28-7-5-23(6-8-28)24-9-11-40(3)12-10-24/h5-8,15-18,21,24,39,44H,9-14,19-20,22H2,1-4H3. The van der Waals surface area contributed by atoms with Crippen molar-refractivity contribution >= 4 is 23.0 Å². The molecule has 4 aromatic rings. The largest absolute Gasteiger partial charge is 0.392 e. The third kappa shape index (κ3) is 5.45. The molecule has 46 heavy (non-hydrogen) atoms. The normalized spacial score (nSPS) is 18.1. The van der Waals surface area contributed by atoms with E-state index in [0.29, 0.717) is 52.8 Å². The summed E-state index contributed by atoms with van der Waals surface area (Å²) in [7, 11) is 3.81. The molecule has 1 amide bonds. The van der Waals surface area contributed by atoms with Crippen LogP contribution >= 0.6 is 0 Å². The van der Waals surface area contributed by atoms with Gasteiger partial charge in [0.05, 0.1) is 12.3 Å². The van der Waals surface area contributed by atoms with Crippen LogP contribution in [0.1, 0.15) is 65.5 Å². The number of nitrogens with one attached hydrogen (secondary N) is 1. The number of aliphatic hydroxyl groups excluding tert-OH is 1. The SMILES string of the molecule is CN1CCC(c2ccc(Nc3cc(-c4cc(F)cc(N5CCn6c(cc7c6CC(C)(C)C7)C5=O)c4CO)cn(C)c3=O)cc2)CC1. The molecule has 0 saturated carbocycles. The first-order valence-corrected chi connectivity index (χ1v) is 16.2. The molecular formula is C37H42FN5O3. The van der Waals surface area contributed by atoms with Crippen LogP contribution in [0.15, 0.2) is 59.5 Å². The Morgan fingerprint density at radius 1 is 0.957 bits per heavy atom. The number of nitrogens with zero attached hydrogens (tertiary/aromatic N) is 4. The van der Waals surface area contributed by atoms with Gasteiger partial charge in [-0.2, -0.15) is 0 Å². The van der Waals surface area contributed by atoms with E-state index >= 15 is 4.39 Å². The number of carbonyl (C=O) groups excluding carboxylic acids is 1. The highest BCUT2D eigenvalue weighted by Gasteiger charge is 2.37. The van der Waals surface area contributed by atoms with E-state index in [1.807, 2.05) is 18.2 Å². The van der Waals surface area contributed by atoms with Gasteiger partial charge in [-0.05, 0) is 110 Å². The first-order valence-electron chi connectivity index (χ1n) is 16.2. The number of amides is 1. The topological polar surface area (TPSA) is 82.7 Å². The fourth-order valence-electron chi connectivity index (χ4n) is 7.71. The Balaban J connectivity index is 1.20. The van der Waals surface area contributed by atoms with E-state index in [0.717, 1.165) is 44.5 Å². The van der Waals surface area contributed by atoms with E-state index in [9.17, 15) is 14.7 Å². The zero-order valence-electron chi connectivity index (χ0n) is 27.1. The molecule has 2 aromatic heterocycles. The number of benzene rings is 2. The second kappa shape index (κ2) is 11.5. The van der Waals surface area contributed by atoms with Gasteiger partial charge in [-0.1, -0.05) is 26.0 Å². The number of aromatic nitrogens is 2. The van der Waals surface area contributed by atoms with Crippen molar-refractivity contribution < 1.29 is 14.3 Å². The zero-order valence-corrected chi connectivity index (χ0v) is 27.1. The lowest BCUT2D eigenvalue weighted by Gasteiger charge is -2.32. The fraction of sp³-hybridized carbons (Fsp3) is 0.405. The maximum absolute atomic E-state index is 15.4. The van der Waals surface area contributed by atoms with Gasteiger partial charge in [-0.3, -0.25) is 9.59 Å². The fourth-order valence-corrected chi connectivity index (χ4v) is 7.71. The Morgan fingerprint density at radius 2 is 1.70 bits per heavy atom. The minimum absolute atomic E-state index is 0.174. The maximum atomic E-state index is 15.4. The van der Waals surface area contributed by atoms with E-state index in [1.54, 1.807) is 24.2 Å². The molecule has 7 rings (SSSR count). The average molecular weight is 624 g/mol. The van der Waals surface area contributed by atoms with Gasteiger partial charge in [-0.25, -0.2) is 4.39 Å². The quantitative estimate of drug-likeness (QED) is 0.283. The van der Waals surface area contributed by atoms with Crippen molar-refractivity contribution in [3.63, 3.8) is 0 Å². The van der Waals surface area contributed by atoms with Gasteiger partial charge in [-0.15, -0.1) is 0 Å². The number of carbonyl (C=O) groups is 1. The van der Waals surface area contributed by atoms with Gasteiger partial charge in [0.2, 0.25) is 0 Å². The third-order valence-electron chi connectivity index (χ3n) is 10.1. The highest BCUT2D eigenvalue weighted by Crippen LogP contribution is 2.41. The molecule has 0 atom stereocenters. The summed E-state index contributed by atoms with van der Waals surface area (Å²) < 4.78 is 18.9. The Bertz CT molecular complexity index is 1880. The molecular weight excluding hydrogens is 581 g/mol. The van der Waals surface area contributed by atoms with E-state index in [1.165, 1.54) is 33.5 Å². The van der Waals surface area contributed by atoms with Gasteiger partial charge in [0.25, 0.3) is 11.5 Å². The first kappa shape index (κ1) is 30.4. The van der Waals surface area contributed by atoms with Crippen LogP contribution in [-0.4, -0.2) is 51.7 Å². The van der Waals surface area contributed by atoms with Crippen molar-refractivity contribution in [2.75, 3.05) is 36.9 Å². The summed E-state index contributed by atoms with van der Waals surface area (Å²) in [5, 5.41) is 13.9. The molecule has 0 spiro atoms. The van der Waals surface area contributed by atoms with Gasteiger partial charge in [0.1, 0.15) is 17.2 Å². The van der Waals surface area contributed by atoms with Crippen molar-refractivity contribution in [1.29, 1.82) is 0 Å². The molecule has 1 fully saturated rings. The summed E-state index contributed by atoms with van der Waals surface area (Å²) in [6, 6.07) is 14.6. The number of hydrogen-bond donors (Lipinski definition) is 2. The van der Waals surface area contributed by atoms with Gasteiger partial charge in [0, 0.05) is 48.8 Å². The van der Waals surface area contributed by atoms with Gasteiger partial charge >= 0.3 is 0 Å². The van der Waals surface area contributed by atoms with Crippen molar-refractivity contribution in [2.24, 2.45) is 12.5 Å². The van der Waals surface area contributed by atoms with E-state index in [4.69, 9.17) is 0 Å². The molecule has 240 valence electrons. The molecule has 2 aliphatic heterocycles.